The molecule has 3 rings (SSSR count). The topological polar surface area (TPSA) is 69.7 Å². The second-order valence-electron chi connectivity index (χ2n) is 5.41. The standard InChI is InChI=1S/C14H20N6/c1-10-3-5-15-14(17-10)18-13-4-6-20(9-13)8-12-7-16-19-11(12)2/h3,5,7,13H,4,6,8-9H2,1-2H3,(H,16,19)(H,15,17,18). The van der Waals surface area contributed by atoms with Crippen LogP contribution in [0.25, 0.3) is 0 Å². The third-order valence-corrected chi connectivity index (χ3v) is 3.73. The van der Waals surface area contributed by atoms with Crippen molar-refractivity contribution in [2.24, 2.45) is 0 Å². The van der Waals surface area contributed by atoms with Gasteiger partial charge in [0.1, 0.15) is 0 Å². The molecule has 6 heteroatoms. The van der Waals surface area contributed by atoms with E-state index in [1.54, 1.807) is 6.20 Å². The van der Waals surface area contributed by atoms with Crippen LogP contribution in [0.3, 0.4) is 0 Å². The first-order valence-electron chi connectivity index (χ1n) is 6.98. The smallest absolute Gasteiger partial charge is 0.223 e. The number of likely N-dealkylation sites (tertiary alicyclic amines) is 1. The van der Waals surface area contributed by atoms with Gasteiger partial charge >= 0.3 is 0 Å². The minimum Gasteiger partial charge on any atom is -0.350 e. The van der Waals surface area contributed by atoms with Crippen LogP contribution in [0.1, 0.15) is 23.4 Å². The maximum atomic E-state index is 4.40. The Kier molecular flexibility index (Phi) is 3.64. The fourth-order valence-electron chi connectivity index (χ4n) is 2.57. The number of aryl methyl sites for hydroxylation is 2. The molecule has 1 atom stereocenters. The van der Waals surface area contributed by atoms with Gasteiger partial charge in [-0.05, 0) is 26.3 Å². The first kappa shape index (κ1) is 13.1. The van der Waals surface area contributed by atoms with Gasteiger partial charge in [0, 0.05) is 48.8 Å². The number of hydrogen-bond donors (Lipinski definition) is 2. The third-order valence-electron chi connectivity index (χ3n) is 3.73. The molecule has 1 aliphatic heterocycles. The first-order chi connectivity index (χ1) is 9.70. The normalized spacial score (nSPS) is 19.4. The minimum atomic E-state index is 0.420. The summed E-state index contributed by atoms with van der Waals surface area (Å²) in [5, 5.41) is 10.5. The van der Waals surface area contributed by atoms with Crippen molar-refractivity contribution in [1.29, 1.82) is 0 Å². The first-order valence-corrected chi connectivity index (χ1v) is 6.98. The van der Waals surface area contributed by atoms with Crippen LogP contribution in [0, 0.1) is 13.8 Å². The zero-order valence-corrected chi connectivity index (χ0v) is 11.9. The molecule has 2 N–H and O–H groups in total. The lowest BCUT2D eigenvalue weighted by Gasteiger charge is -2.16. The Morgan fingerprint density at radius 2 is 2.35 bits per heavy atom. The molecule has 6 nitrogen and oxygen atoms in total. The molecular weight excluding hydrogens is 252 g/mol. The zero-order chi connectivity index (χ0) is 13.9. The lowest BCUT2D eigenvalue weighted by Crippen LogP contribution is -2.26. The Morgan fingerprint density at radius 1 is 1.45 bits per heavy atom. The van der Waals surface area contributed by atoms with Gasteiger partial charge in [-0.3, -0.25) is 10.00 Å². The number of aromatic amines is 1. The van der Waals surface area contributed by atoms with Crippen molar-refractivity contribution < 1.29 is 0 Å². The van der Waals surface area contributed by atoms with E-state index in [0.29, 0.717) is 6.04 Å². The molecule has 0 spiro atoms. The molecule has 106 valence electrons. The van der Waals surface area contributed by atoms with Crippen molar-refractivity contribution >= 4 is 5.95 Å². The highest BCUT2D eigenvalue weighted by atomic mass is 15.2. The second kappa shape index (κ2) is 5.58. The molecule has 0 saturated carbocycles. The number of nitrogens with one attached hydrogen (secondary N) is 2. The molecule has 3 heterocycles. The molecule has 0 aromatic carbocycles. The van der Waals surface area contributed by atoms with Crippen LogP contribution in [-0.4, -0.2) is 44.2 Å². The summed E-state index contributed by atoms with van der Waals surface area (Å²) >= 11 is 0. The van der Waals surface area contributed by atoms with E-state index in [2.05, 4.69) is 37.3 Å². The van der Waals surface area contributed by atoms with Gasteiger partial charge in [0.15, 0.2) is 0 Å². The van der Waals surface area contributed by atoms with E-state index in [4.69, 9.17) is 0 Å². The Labute approximate surface area is 118 Å². The molecule has 1 aliphatic rings. The van der Waals surface area contributed by atoms with E-state index in [1.165, 1.54) is 5.56 Å². The average molecular weight is 272 g/mol. The van der Waals surface area contributed by atoms with Crippen LogP contribution < -0.4 is 5.32 Å². The maximum absolute atomic E-state index is 4.40. The lowest BCUT2D eigenvalue weighted by molar-refractivity contribution is 0.328. The van der Waals surface area contributed by atoms with Crippen LogP contribution >= 0.6 is 0 Å². The summed E-state index contributed by atoms with van der Waals surface area (Å²) in [6, 6.07) is 2.33. The molecule has 1 fully saturated rings. The van der Waals surface area contributed by atoms with Gasteiger partial charge in [0.25, 0.3) is 0 Å². The van der Waals surface area contributed by atoms with E-state index >= 15 is 0 Å². The van der Waals surface area contributed by atoms with E-state index in [-0.39, 0.29) is 0 Å². The Hall–Kier alpha value is -1.95. The largest absolute Gasteiger partial charge is 0.350 e. The molecule has 0 bridgehead atoms. The lowest BCUT2D eigenvalue weighted by atomic mass is 10.2. The maximum Gasteiger partial charge on any atom is 0.223 e. The summed E-state index contributed by atoms with van der Waals surface area (Å²) in [6.45, 7) is 7.11. The van der Waals surface area contributed by atoms with Gasteiger partial charge in [-0.25, -0.2) is 9.97 Å². The van der Waals surface area contributed by atoms with Crippen molar-refractivity contribution in [3.63, 3.8) is 0 Å². The van der Waals surface area contributed by atoms with E-state index in [1.807, 2.05) is 19.2 Å². The number of nitrogens with zero attached hydrogens (tertiary/aromatic N) is 4. The van der Waals surface area contributed by atoms with Crippen molar-refractivity contribution in [3.8, 4) is 0 Å². The van der Waals surface area contributed by atoms with Gasteiger partial charge in [-0.1, -0.05) is 0 Å². The summed E-state index contributed by atoms with van der Waals surface area (Å²) in [7, 11) is 0. The molecule has 0 radical (unpaired) electrons. The molecule has 20 heavy (non-hydrogen) atoms. The molecule has 0 amide bonds. The van der Waals surface area contributed by atoms with Gasteiger partial charge in [0.2, 0.25) is 5.95 Å². The summed E-state index contributed by atoms with van der Waals surface area (Å²) < 4.78 is 0. The summed E-state index contributed by atoms with van der Waals surface area (Å²) in [6.07, 6.45) is 4.83. The van der Waals surface area contributed by atoms with Crippen LogP contribution in [-0.2, 0) is 6.54 Å². The highest BCUT2D eigenvalue weighted by Gasteiger charge is 2.23. The Balaban J connectivity index is 1.56. The number of hydrogen-bond acceptors (Lipinski definition) is 5. The van der Waals surface area contributed by atoms with Crippen LogP contribution in [0.2, 0.25) is 0 Å². The Bertz CT molecular complexity index is 579. The van der Waals surface area contributed by atoms with E-state index in [9.17, 15) is 0 Å². The average Bonchev–Trinajstić information content (AvgIpc) is 3.01. The minimum absolute atomic E-state index is 0.420. The molecular formula is C14H20N6. The molecule has 2 aromatic rings. The number of rotatable bonds is 4. The van der Waals surface area contributed by atoms with E-state index < -0.39 is 0 Å². The van der Waals surface area contributed by atoms with Crippen molar-refractivity contribution in [3.05, 3.63) is 35.4 Å². The molecule has 1 saturated heterocycles. The quantitative estimate of drug-likeness (QED) is 0.882. The van der Waals surface area contributed by atoms with Gasteiger partial charge in [-0.15, -0.1) is 0 Å². The summed E-state index contributed by atoms with van der Waals surface area (Å²) in [4.78, 5) is 11.1. The van der Waals surface area contributed by atoms with Crippen molar-refractivity contribution in [2.75, 3.05) is 18.4 Å². The predicted molar refractivity (Wildman–Crippen MR) is 77.4 cm³/mol. The highest BCUT2D eigenvalue weighted by Crippen LogP contribution is 2.17. The van der Waals surface area contributed by atoms with Crippen LogP contribution in [0.4, 0.5) is 5.95 Å². The highest BCUT2D eigenvalue weighted by molar-refractivity contribution is 5.27. The SMILES string of the molecule is Cc1ccnc(NC2CCN(Cc3cn[nH]c3C)C2)n1. The Morgan fingerprint density at radius 3 is 3.10 bits per heavy atom. The number of anilines is 1. The van der Waals surface area contributed by atoms with Crippen LogP contribution in [0.15, 0.2) is 18.5 Å². The van der Waals surface area contributed by atoms with Crippen LogP contribution in [0.5, 0.6) is 0 Å². The third kappa shape index (κ3) is 2.96. The van der Waals surface area contributed by atoms with Gasteiger partial charge in [0.05, 0.1) is 6.20 Å². The molecule has 0 aliphatic carbocycles. The predicted octanol–water partition coefficient (Wildman–Crippen LogP) is 1.50. The second-order valence-corrected chi connectivity index (χ2v) is 5.41. The summed E-state index contributed by atoms with van der Waals surface area (Å²) in [5.41, 5.74) is 3.42. The van der Waals surface area contributed by atoms with Gasteiger partial charge in [-0.2, -0.15) is 5.10 Å². The number of H-pyrrole nitrogens is 1. The van der Waals surface area contributed by atoms with E-state index in [0.717, 1.165) is 43.4 Å². The van der Waals surface area contributed by atoms with Crippen molar-refractivity contribution in [2.45, 2.75) is 32.9 Å². The number of aromatic nitrogens is 4. The van der Waals surface area contributed by atoms with Gasteiger partial charge < -0.3 is 5.32 Å². The zero-order valence-electron chi connectivity index (χ0n) is 11.9. The van der Waals surface area contributed by atoms with Crippen molar-refractivity contribution in [1.82, 2.24) is 25.1 Å². The monoisotopic (exact) mass is 272 g/mol. The molecule has 1 unspecified atom stereocenters. The summed E-state index contributed by atoms with van der Waals surface area (Å²) in [5.74, 6) is 0.733. The fraction of sp³-hybridized carbons (Fsp3) is 0.500. The fourth-order valence-corrected chi connectivity index (χ4v) is 2.57. The molecule has 2 aromatic heterocycles.